The second kappa shape index (κ2) is 4.38. The number of hydrogen-bond donors (Lipinski definition) is 0. The third-order valence-corrected chi connectivity index (χ3v) is 3.08. The van der Waals surface area contributed by atoms with Crippen LogP contribution in [0.3, 0.4) is 0 Å². The van der Waals surface area contributed by atoms with Crippen molar-refractivity contribution in [3.63, 3.8) is 0 Å². The van der Waals surface area contributed by atoms with Crippen LogP contribution in [-0.2, 0) is 0 Å². The van der Waals surface area contributed by atoms with Gasteiger partial charge in [0.2, 0.25) is 0 Å². The highest BCUT2D eigenvalue weighted by Crippen LogP contribution is 2.47. The van der Waals surface area contributed by atoms with Gasteiger partial charge in [0.05, 0.1) is 5.92 Å². The predicted octanol–water partition coefficient (Wildman–Crippen LogP) is 5.10. The molecular weight excluding hydrogens is 223 g/mol. The Morgan fingerprint density at radius 1 is 1.28 bits per heavy atom. The van der Waals surface area contributed by atoms with E-state index in [2.05, 4.69) is 33.4 Å². The van der Waals surface area contributed by atoms with E-state index in [9.17, 15) is 4.39 Å². The fourth-order valence-electron chi connectivity index (χ4n) is 2.15. The molecule has 95 valence electrons. The summed E-state index contributed by atoms with van der Waals surface area (Å²) in [5.74, 6) is 0.954. The van der Waals surface area contributed by atoms with Gasteiger partial charge in [-0.2, -0.15) is 0 Å². The minimum atomic E-state index is -0.178. The molecule has 0 amide bonds. The van der Waals surface area contributed by atoms with Crippen LogP contribution in [0.5, 0.6) is 0 Å². The van der Waals surface area contributed by atoms with E-state index in [4.69, 9.17) is 0 Å². The zero-order chi connectivity index (χ0) is 13.5. The number of allylic oxidation sites excluding steroid dienone is 3. The van der Waals surface area contributed by atoms with E-state index in [-0.39, 0.29) is 11.2 Å². The molecule has 0 fully saturated rings. The highest BCUT2D eigenvalue weighted by Gasteiger charge is 2.32. The molecule has 18 heavy (non-hydrogen) atoms. The summed E-state index contributed by atoms with van der Waals surface area (Å²) >= 11 is 0. The molecule has 0 unspecified atom stereocenters. The molecule has 0 bridgehead atoms. The number of benzene rings is 1. The Morgan fingerprint density at radius 3 is 2.50 bits per heavy atom. The Morgan fingerprint density at radius 2 is 1.94 bits per heavy atom. The van der Waals surface area contributed by atoms with Crippen LogP contribution in [-0.4, -0.2) is 0 Å². The van der Waals surface area contributed by atoms with Crippen molar-refractivity contribution < 1.29 is 4.39 Å². The minimum Gasteiger partial charge on any atom is -0.206 e. The molecule has 0 atom stereocenters. The van der Waals surface area contributed by atoms with Crippen molar-refractivity contribution in [3.8, 4) is 0 Å². The average Bonchev–Trinajstić information content (AvgIpc) is 2.93. The third-order valence-electron chi connectivity index (χ3n) is 3.08. The first-order chi connectivity index (χ1) is 8.28. The van der Waals surface area contributed by atoms with Crippen molar-refractivity contribution >= 4 is 5.57 Å². The number of hydrogen-bond acceptors (Lipinski definition) is 0. The van der Waals surface area contributed by atoms with Crippen LogP contribution in [0.2, 0.25) is 0 Å². The van der Waals surface area contributed by atoms with E-state index >= 15 is 0 Å². The normalized spacial score (nSPS) is 15.5. The van der Waals surface area contributed by atoms with Crippen LogP contribution in [0.1, 0.15) is 38.3 Å². The van der Waals surface area contributed by atoms with Gasteiger partial charge in [-0.25, -0.2) is 4.39 Å². The summed E-state index contributed by atoms with van der Waals surface area (Å²) in [6, 6.07) is 5.31. The predicted molar refractivity (Wildman–Crippen MR) is 75.6 cm³/mol. The molecule has 0 N–H and O–H groups in total. The quantitative estimate of drug-likeness (QED) is 0.693. The maximum atomic E-state index is 13.9. The summed E-state index contributed by atoms with van der Waals surface area (Å²) in [6.45, 7) is 12.5. The smallest absolute Gasteiger partial charge is 0.130 e. The molecular formula is C17H20F. The first-order valence-corrected chi connectivity index (χ1v) is 6.32. The van der Waals surface area contributed by atoms with Gasteiger partial charge in [-0.15, -0.1) is 0 Å². The van der Waals surface area contributed by atoms with Crippen LogP contribution in [0.15, 0.2) is 36.4 Å². The minimum absolute atomic E-state index is 0.178. The van der Waals surface area contributed by atoms with E-state index in [0.29, 0.717) is 5.56 Å². The van der Waals surface area contributed by atoms with E-state index < -0.39 is 0 Å². The van der Waals surface area contributed by atoms with Gasteiger partial charge in [0, 0.05) is 5.56 Å². The van der Waals surface area contributed by atoms with Crippen molar-refractivity contribution in [3.05, 3.63) is 59.3 Å². The molecule has 0 spiro atoms. The summed E-state index contributed by atoms with van der Waals surface area (Å²) in [4.78, 5) is 0. The molecule has 1 aliphatic carbocycles. The zero-order valence-electron chi connectivity index (χ0n) is 11.6. The summed E-state index contributed by atoms with van der Waals surface area (Å²) < 4.78 is 13.9. The van der Waals surface area contributed by atoms with Gasteiger partial charge in [-0.05, 0) is 36.0 Å². The SMILES string of the molecule is C=C([C]1C=C1CC(C)(C)C)c1ccc(C)cc1F. The fraction of sp³-hybridized carbons (Fsp3) is 0.353. The maximum absolute atomic E-state index is 13.9. The van der Waals surface area contributed by atoms with E-state index in [1.807, 2.05) is 19.1 Å². The Kier molecular flexibility index (Phi) is 3.18. The Bertz CT molecular complexity index is 515. The summed E-state index contributed by atoms with van der Waals surface area (Å²) in [5.41, 5.74) is 3.95. The lowest BCUT2D eigenvalue weighted by Gasteiger charge is -2.17. The van der Waals surface area contributed by atoms with Crippen molar-refractivity contribution in [2.24, 2.45) is 5.41 Å². The third kappa shape index (κ3) is 2.90. The van der Waals surface area contributed by atoms with E-state index in [1.54, 1.807) is 6.07 Å². The van der Waals surface area contributed by atoms with E-state index in [0.717, 1.165) is 23.5 Å². The van der Waals surface area contributed by atoms with Crippen LogP contribution in [0.25, 0.3) is 5.57 Å². The van der Waals surface area contributed by atoms with Crippen LogP contribution in [0.4, 0.5) is 4.39 Å². The largest absolute Gasteiger partial charge is 0.206 e. The molecule has 1 aliphatic rings. The van der Waals surface area contributed by atoms with Crippen molar-refractivity contribution in [2.75, 3.05) is 0 Å². The Labute approximate surface area is 109 Å². The molecule has 1 radical (unpaired) electrons. The summed E-state index contributed by atoms with van der Waals surface area (Å²) in [6.07, 6.45) is 3.14. The zero-order valence-corrected chi connectivity index (χ0v) is 11.6. The Hall–Kier alpha value is -1.37. The lowest BCUT2D eigenvalue weighted by Crippen LogP contribution is -2.04. The Balaban J connectivity index is 2.07. The molecule has 0 heterocycles. The molecule has 0 aliphatic heterocycles. The molecule has 0 aromatic heterocycles. The first-order valence-electron chi connectivity index (χ1n) is 6.32. The second-order valence-electron chi connectivity index (χ2n) is 6.28. The van der Waals surface area contributed by atoms with Gasteiger partial charge >= 0.3 is 0 Å². The molecule has 1 aromatic rings. The second-order valence-corrected chi connectivity index (χ2v) is 6.28. The first kappa shape index (κ1) is 13.1. The van der Waals surface area contributed by atoms with Gasteiger partial charge in [0.1, 0.15) is 5.82 Å². The highest BCUT2D eigenvalue weighted by molar-refractivity contribution is 5.88. The number of rotatable bonds is 3. The monoisotopic (exact) mass is 243 g/mol. The molecule has 1 aromatic carbocycles. The van der Waals surface area contributed by atoms with Gasteiger partial charge in [-0.1, -0.05) is 51.1 Å². The molecule has 1 heteroatoms. The van der Waals surface area contributed by atoms with Crippen molar-refractivity contribution in [2.45, 2.75) is 34.1 Å². The van der Waals surface area contributed by atoms with Crippen molar-refractivity contribution in [1.29, 1.82) is 0 Å². The van der Waals surface area contributed by atoms with Crippen LogP contribution < -0.4 is 0 Å². The highest BCUT2D eigenvalue weighted by atomic mass is 19.1. The van der Waals surface area contributed by atoms with Crippen LogP contribution >= 0.6 is 0 Å². The molecule has 0 saturated carbocycles. The van der Waals surface area contributed by atoms with Gasteiger partial charge in [0.15, 0.2) is 0 Å². The van der Waals surface area contributed by atoms with Gasteiger partial charge < -0.3 is 0 Å². The lowest BCUT2D eigenvalue weighted by atomic mass is 9.88. The number of halogens is 1. The molecule has 0 saturated heterocycles. The molecule has 0 nitrogen and oxygen atoms in total. The van der Waals surface area contributed by atoms with Gasteiger partial charge in [0.25, 0.3) is 0 Å². The standard InChI is InChI=1S/C17H20F/c1-11-6-7-14(16(18)8-11)12(2)15-9-13(15)10-17(3,4)5/h6-9H,2,10H2,1,3-5H3. The van der Waals surface area contributed by atoms with Gasteiger partial charge in [-0.3, -0.25) is 0 Å². The fourth-order valence-corrected chi connectivity index (χ4v) is 2.15. The topological polar surface area (TPSA) is 0 Å². The van der Waals surface area contributed by atoms with Crippen LogP contribution in [0, 0.1) is 24.1 Å². The molecule has 2 rings (SSSR count). The maximum Gasteiger partial charge on any atom is 0.130 e. The summed E-state index contributed by atoms with van der Waals surface area (Å²) in [7, 11) is 0. The lowest BCUT2D eigenvalue weighted by molar-refractivity contribution is 0.415. The summed E-state index contributed by atoms with van der Waals surface area (Å²) in [5, 5.41) is 0. The number of aryl methyl sites for hydroxylation is 1. The average molecular weight is 243 g/mol. The van der Waals surface area contributed by atoms with E-state index in [1.165, 1.54) is 5.57 Å². The van der Waals surface area contributed by atoms with Crippen molar-refractivity contribution in [1.82, 2.24) is 0 Å².